The number of sulfonamides is 1. The number of carbonyl (C=O) groups is 2. The predicted molar refractivity (Wildman–Crippen MR) is 156 cm³/mol. The molecular weight excluding hydrogens is 530 g/mol. The van der Waals surface area contributed by atoms with Gasteiger partial charge in [-0.05, 0) is 74.4 Å². The molecular formula is C30H37N3O6S. The second-order valence-electron chi connectivity index (χ2n) is 9.64. The van der Waals surface area contributed by atoms with Gasteiger partial charge in [0.1, 0.15) is 29.8 Å². The van der Waals surface area contributed by atoms with Crippen LogP contribution < -0.4 is 19.1 Å². The molecule has 9 nitrogen and oxygen atoms in total. The number of rotatable bonds is 13. The number of nitrogens with zero attached hydrogens (tertiary/aromatic N) is 2. The van der Waals surface area contributed by atoms with E-state index >= 15 is 0 Å². The molecule has 0 bridgehead atoms. The summed E-state index contributed by atoms with van der Waals surface area (Å²) in [4.78, 5) is 28.4. The Hall–Kier alpha value is -4.05. The summed E-state index contributed by atoms with van der Waals surface area (Å²) < 4.78 is 37.9. The van der Waals surface area contributed by atoms with Crippen LogP contribution in [0.4, 0.5) is 5.69 Å². The maximum Gasteiger partial charge on any atom is 0.244 e. The lowest BCUT2D eigenvalue weighted by Gasteiger charge is -2.33. The Morgan fingerprint density at radius 1 is 0.900 bits per heavy atom. The quantitative estimate of drug-likeness (QED) is 0.324. The van der Waals surface area contributed by atoms with Gasteiger partial charge in [0.05, 0.1) is 19.1 Å². The van der Waals surface area contributed by atoms with Crippen molar-refractivity contribution in [3.8, 4) is 17.2 Å². The molecule has 0 fully saturated rings. The maximum absolute atomic E-state index is 13.8. The average molecular weight is 568 g/mol. The van der Waals surface area contributed by atoms with Crippen LogP contribution >= 0.6 is 0 Å². The fourth-order valence-electron chi connectivity index (χ4n) is 4.19. The fraction of sp³-hybridized carbons (Fsp3) is 0.333. The summed E-state index contributed by atoms with van der Waals surface area (Å²) in [7, 11) is -2.30. The highest BCUT2D eigenvalue weighted by Gasteiger charge is 2.32. The largest absolute Gasteiger partial charge is 0.497 e. The highest BCUT2D eigenvalue weighted by molar-refractivity contribution is 7.92. The molecule has 0 spiro atoms. The van der Waals surface area contributed by atoms with Crippen molar-refractivity contribution in [3.63, 3.8) is 0 Å². The summed E-state index contributed by atoms with van der Waals surface area (Å²) in [6, 6.07) is 21.9. The van der Waals surface area contributed by atoms with E-state index in [1.807, 2.05) is 57.2 Å². The number of amides is 2. The van der Waals surface area contributed by atoms with Gasteiger partial charge in [-0.15, -0.1) is 0 Å². The number of hydrogen-bond acceptors (Lipinski definition) is 6. The molecule has 2 amide bonds. The van der Waals surface area contributed by atoms with Crippen molar-refractivity contribution in [2.45, 2.75) is 45.8 Å². The van der Waals surface area contributed by atoms with Gasteiger partial charge in [-0.25, -0.2) is 8.42 Å². The third kappa shape index (κ3) is 8.47. The van der Waals surface area contributed by atoms with Gasteiger partial charge < -0.3 is 19.7 Å². The lowest BCUT2D eigenvalue weighted by Crippen LogP contribution is -2.53. The Labute approximate surface area is 236 Å². The van der Waals surface area contributed by atoms with Crippen molar-refractivity contribution in [1.82, 2.24) is 10.2 Å². The first-order valence-corrected chi connectivity index (χ1v) is 14.9. The number of benzene rings is 3. The van der Waals surface area contributed by atoms with Crippen molar-refractivity contribution in [2.75, 3.05) is 24.2 Å². The van der Waals surface area contributed by atoms with Crippen LogP contribution in [0, 0.1) is 0 Å². The van der Waals surface area contributed by atoms with Crippen molar-refractivity contribution in [2.24, 2.45) is 0 Å². The highest BCUT2D eigenvalue weighted by Crippen LogP contribution is 2.26. The van der Waals surface area contributed by atoms with E-state index in [0.717, 1.165) is 16.1 Å². The number of ether oxygens (including phenoxy) is 2. The van der Waals surface area contributed by atoms with Gasteiger partial charge in [-0.2, -0.15) is 0 Å². The van der Waals surface area contributed by atoms with E-state index in [1.165, 1.54) is 4.90 Å². The summed E-state index contributed by atoms with van der Waals surface area (Å²) in [6.07, 6.45) is 1.39. The second-order valence-corrected chi connectivity index (χ2v) is 11.5. The normalized spacial score (nSPS) is 11.9. The van der Waals surface area contributed by atoms with Gasteiger partial charge in [0.2, 0.25) is 21.8 Å². The van der Waals surface area contributed by atoms with Crippen LogP contribution in [-0.4, -0.2) is 57.1 Å². The first-order valence-electron chi connectivity index (χ1n) is 13.0. The molecule has 0 aliphatic heterocycles. The van der Waals surface area contributed by atoms with Crippen LogP contribution in [-0.2, 0) is 26.2 Å². The minimum atomic E-state index is -3.85. The molecule has 0 heterocycles. The lowest BCUT2D eigenvalue weighted by molar-refractivity contribution is -0.140. The lowest BCUT2D eigenvalue weighted by atomic mass is 10.1. The van der Waals surface area contributed by atoms with E-state index in [9.17, 15) is 18.0 Å². The zero-order valence-corrected chi connectivity index (χ0v) is 24.4. The summed E-state index contributed by atoms with van der Waals surface area (Å²) in [5.41, 5.74) is 1.05. The first kappa shape index (κ1) is 30.5. The van der Waals surface area contributed by atoms with E-state index < -0.39 is 28.5 Å². The molecule has 0 saturated carbocycles. The van der Waals surface area contributed by atoms with E-state index in [-0.39, 0.29) is 18.5 Å². The number of methoxy groups -OCH3 is 1. The Morgan fingerprint density at radius 2 is 1.52 bits per heavy atom. The van der Waals surface area contributed by atoms with Gasteiger partial charge in [-0.3, -0.25) is 13.9 Å². The molecule has 3 rings (SSSR count). The highest BCUT2D eigenvalue weighted by atomic mass is 32.2. The van der Waals surface area contributed by atoms with E-state index in [2.05, 4.69) is 5.32 Å². The summed E-state index contributed by atoms with van der Waals surface area (Å²) >= 11 is 0. The minimum absolute atomic E-state index is 0.0987. The van der Waals surface area contributed by atoms with Crippen LogP contribution in [0.5, 0.6) is 17.2 Å². The molecule has 0 aromatic heterocycles. The van der Waals surface area contributed by atoms with Gasteiger partial charge >= 0.3 is 0 Å². The van der Waals surface area contributed by atoms with Gasteiger partial charge in [-0.1, -0.05) is 37.3 Å². The molecule has 0 saturated heterocycles. The predicted octanol–water partition coefficient (Wildman–Crippen LogP) is 4.59. The van der Waals surface area contributed by atoms with E-state index in [1.54, 1.807) is 49.6 Å². The van der Waals surface area contributed by atoms with Crippen molar-refractivity contribution in [3.05, 3.63) is 84.4 Å². The van der Waals surface area contributed by atoms with Crippen LogP contribution in [0.3, 0.4) is 0 Å². The summed E-state index contributed by atoms with van der Waals surface area (Å²) in [6.45, 7) is 5.12. The topological polar surface area (TPSA) is 105 Å². The van der Waals surface area contributed by atoms with Gasteiger partial charge in [0.15, 0.2) is 0 Å². The zero-order chi connectivity index (χ0) is 29.3. The molecule has 0 unspecified atom stereocenters. The summed E-state index contributed by atoms with van der Waals surface area (Å²) in [5.74, 6) is 0.959. The molecule has 214 valence electrons. The fourth-order valence-corrected chi connectivity index (χ4v) is 5.04. The van der Waals surface area contributed by atoms with E-state index in [0.29, 0.717) is 29.4 Å². The van der Waals surface area contributed by atoms with Crippen LogP contribution in [0.15, 0.2) is 78.9 Å². The minimum Gasteiger partial charge on any atom is -0.497 e. The number of carbonyl (C=O) groups excluding carboxylic acids is 2. The van der Waals surface area contributed by atoms with Crippen LogP contribution in [0.25, 0.3) is 0 Å². The molecule has 3 aromatic carbocycles. The third-order valence-corrected chi connectivity index (χ3v) is 7.23. The van der Waals surface area contributed by atoms with Gasteiger partial charge in [0.25, 0.3) is 0 Å². The molecule has 1 N–H and O–H groups in total. The SMILES string of the molecule is CC[C@@H](C(=O)NC(C)C)N(Cc1cccc(OC)c1)C(=O)CN(c1ccc(Oc2ccccc2)cc1)S(C)(=O)=O. The first-order chi connectivity index (χ1) is 19.0. The zero-order valence-electron chi connectivity index (χ0n) is 23.5. The number of hydrogen-bond donors (Lipinski definition) is 1. The molecule has 0 aliphatic rings. The van der Waals surface area contributed by atoms with Crippen molar-refractivity contribution < 1.29 is 27.5 Å². The number of anilines is 1. The molecule has 0 radical (unpaired) electrons. The molecule has 1 atom stereocenters. The standard InChI is InChI=1S/C30H37N3O6S/c1-6-28(30(35)31-22(2)3)32(20-23-11-10-14-27(19-23)38-4)29(34)21-33(40(5,36)37)24-15-17-26(18-16-24)39-25-12-8-7-9-13-25/h7-19,22,28H,6,20-21H2,1-5H3,(H,31,35)/t28-/m0/s1. The Bertz CT molecular complexity index is 1380. The monoisotopic (exact) mass is 567 g/mol. The van der Waals surface area contributed by atoms with Gasteiger partial charge in [0, 0.05) is 12.6 Å². The Morgan fingerprint density at radius 3 is 2.10 bits per heavy atom. The number of nitrogens with one attached hydrogen (secondary N) is 1. The smallest absolute Gasteiger partial charge is 0.244 e. The maximum atomic E-state index is 13.8. The molecule has 3 aromatic rings. The second kappa shape index (κ2) is 13.8. The number of para-hydroxylation sites is 1. The molecule has 0 aliphatic carbocycles. The Balaban J connectivity index is 1.90. The molecule has 10 heteroatoms. The van der Waals surface area contributed by atoms with E-state index in [4.69, 9.17) is 9.47 Å². The third-order valence-electron chi connectivity index (χ3n) is 6.09. The Kier molecular flexibility index (Phi) is 10.6. The molecule has 40 heavy (non-hydrogen) atoms. The van der Waals surface area contributed by atoms with Crippen LogP contribution in [0.1, 0.15) is 32.8 Å². The van der Waals surface area contributed by atoms with Crippen LogP contribution in [0.2, 0.25) is 0 Å². The summed E-state index contributed by atoms with van der Waals surface area (Å²) in [5, 5.41) is 2.88. The van der Waals surface area contributed by atoms with Crippen molar-refractivity contribution >= 4 is 27.5 Å². The average Bonchev–Trinajstić information content (AvgIpc) is 2.91. The van der Waals surface area contributed by atoms with Crippen molar-refractivity contribution in [1.29, 1.82) is 0 Å².